The summed E-state index contributed by atoms with van der Waals surface area (Å²) < 4.78 is 32.4. The van der Waals surface area contributed by atoms with Crippen LogP contribution < -0.4 is 19.5 Å². The second-order valence-electron chi connectivity index (χ2n) is 7.47. The predicted octanol–water partition coefficient (Wildman–Crippen LogP) is 3.15. The Kier molecular flexibility index (Phi) is 7.46. The van der Waals surface area contributed by atoms with Gasteiger partial charge in [-0.25, -0.2) is 4.57 Å². The number of methoxy groups -OCH3 is 3. The fraction of sp³-hybridized carbons (Fsp3) is 0.409. The first-order valence-electron chi connectivity index (χ1n) is 10.1. The first-order valence-corrected chi connectivity index (χ1v) is 11.6. The number of nitrogens with one attached hydrogen (secondary N) is 1. The van der Waals surface area contributed by atoms with E-state index < -0.39 is 7.82 Å². The highest BCUT2D eigenvalue weighted by molar-refractivity contribution is 7.46. The second-order valence-corrected chi connectivity index (χ2v) is 8.71. The SMILES string of the molecule is COc1cc2c(c(OC)c1OC)-c1ccc(CCOP(=O)(O)O)cc1[C@@H](NC(C)=O)CC2. The van der Waals surface area contributed by atoms with Gasteiger partial charge in [-0.1, -0.05) is 18.2 Å². The van der Waals surface area contributed by atoms with Crippen LogP contribution in [0.1, 0.15) is 36.1 Å². The number of amides is 1. The van der Waals surface area contributed by atoms with Gasteiger partial charge in [-0.15, -0.1) is 0 Å². The van der Waals surface area contributed by atoms with Crippen LogP contribution in [-0.4, -0.2) is 43.6 Å². The van der Waals surface area contributed by atoms with Gasteiger partial charge in [0.25, 0.3) is 0 Å². The Hall–Kier alpha value is -2.58. The summed E-state index contributed by atoms with van der Waals surface area (Å²) in [7, 11) is 0.157. The molecular formula is C22H28NO8P. The lowest BCUT2D eigenvalue weighted by Crippen LogP contribution is -2.26. The van der Waals surface area contributed by atoms with Crippen molar-refractivity contribution in [3.63, 3.8) is 0 Å². The van der Waals surface area contributed by atoms with Crippen molar-refractivity contribution in [1.29, 1.82) is 0 Å². The molecule has 32 heavy (non-hydrogen) atoms. The van der Waals surface area contributed by atoms with E-state index in [0.717, 1.165) is 27.8 Å². The Morgan fingerprint density at radius 2 is 1.84 bits per heavy atom. The molecule has 2 aromatic rings. The van der Waals surface area contributed by atoms with E-state index in [4.69, 9.17) is 24.0 Å². The van der Waals surface area contributed by atoms with Crippen LogP contribution in [0.15, 0.2) is 24.3 Å². The lowest BCUT2D eigenvalue weighted by molar-refractivity contribution is -0.119. The average molecular weight is 465 g/mol. The fourth-order valence-corrected chi connectivity index (χ4v) is 4.45. The molecule has 3 N–H and O–H groups in total. The maximum Gasteiger partial charge on any atom is 0.469 e. The van der Waals surface area contributed by atoms with E-state index in [9.17, 15) is 9.36 Å². The average Bonchev–Trinajstić information content (AvgIpc) is 2.88. The Morgan fingerprint density at radius 1 is 1.12 bits per heavy atom. The van der Waals surface area contributed by atoms with Crippen molar-refractivity contribution in [2.75, 3.05) is 27.9 Å². The molecule has 0 aliphatic heterocycles. The zero-order chi connectivity index (χ0) is 23.5. The molecular weight excluding hydrogens is 437 g/mol. The summed E-state index contributed by atoms with van der Waals surface area (Å²) in [5, 5.41) is 3.02. The van der Waals surface area contributed by atoms with Gasteiger partial charge >= 0.3 is 7.82 Å². The highest BCUT2D eigenvalue weighted by Gasteiger charge is 2.29. The van der Waals surface area contributed by atoms with Crippen molar-refractivity contribution in [3.05, 3.63) is 41.0 Å². The number of phosphoric ester groups is 1. The van der Waals surface area contributed by atoms with Crippen LogP contribution in [-0.2, 0) is 26.7 Å². The predicted molar refractivity (Wildman–Crippen MR) is 118 cm³/mol. The molecule has 0 fully saturated rings. The molecule has 174 valence electrons. The van der Waals surface area contributed by atoms with Crippen molar-refractivity contribution in [3.8, 4) is 28.4 Å². The van der Waals surface area contributed by atoms with Gasteiger partial charge in [0.1, 0.15) is 0 Å². The van der Waals surface area contributed by atoms with E-state index in [2.05, 4.69) is 9.84 Å². The minimum Gasteiger partial charge on any atom is -0.493 e. The molecule has 0 radical (unpaired) electrons. The number of phosphoric acid groups is 1. The summed E-state index contributed by atoms with van der Waals surface area (Å²) in [5.74, 6) is 1.44. The molecule has 0 aromatic heterocycles. The van der Waals surface area contributed by atoms with E-state index in [1.54, 1.807) is 21.3 Å². The zero-order valence-electron chi connectivity index (χ0n) is 18.5. The molecule has 1 atom stereocenters. The summed E-state index contributed by atoms with van der Waals surface area (Å²) in [4.78, 5) is 29.8. The van der Waals surface area contributed by atoms with Crippen molar-refractivity contribution >= 4 is 13.7 Å². The third kappa shape index (κ3) is 5.24. The number of carbonyl (C=O) groups is 1. The van der Waals surface area contributed by atoms with Gasteiger partial charge in [-0.3, -0.25) is 9.32 Å². The molecule has 0 spiro atoms. The largest absolute Gasteiger partial charge is 0.493 e. The Labute approximate surface area is 186 Å². The summed E-state index contributed by atoms with van der Waals surface area (Å²) in [6.07, 6.45) is 1.63. The monoisotopic (exact) mass is 465 g/mol. The smallest absolute Gasteiger partial charge is 0.469 e. The first kappa shape index (κ1) is 24.1. The summed E-state index contributed by atoms with van der Waals surface area (Å²) in [6, 6.07) is 7.41. The number of ether oxygens (including phenoxy) is 3. The summed E-state index contributed by atoms with van der Waals surface area (Å²) in [5.41, 5.74) is 4.47. The maximum atomic E-state index is 11.9. The van der Waals surface area contributed by atoms with E-state index in [-0.39, 0.29) is 18.6 Å². The molecule has 2 aromatic carbocycles. The van der Waals surface area contributed by atoms with E-state index in [1.165, 1.54) is 6.92 Å². The lowest BCUT2D eigenvalue weighted by atomic mass is 9.91. The number of benzene rings is 2. The van der Waals surface area contributed by atoms with Crippen LogP contribution in [0.4, 0.5) is 0 Å². The van der Waals surface area contributed by atoms with Crippen LogP contribution in [0.2, 0.25) is 0 Å². The zero-order valence-corrected chi connectivity index (χ0v) is 19.4. The molecule has 1 aliphatic rings. The van der Waals surface area contributed by atoms with Crippen molar-refractivity contribution in [1.82, 2.24) is 5.32 Å². The third-order valence-electron chi connectivity index (χ3n) is 5.40. The fourth-order valence-electron chi connectivity index (χ4n) is 4.12. The molecule has 0 saturated heterocycles. The standard InChI is InChI=1S/C22H28NO8P/c1-13(24)23-18-8-6-15-12-19(28-2)21(29-3)22(30-4)20(15)16-7-5-14(11-17(16)18)9-10-31-32(25,26)27/h5,7,11-12,18H,6,8-10H2,1-4H3,(H,23,24)(H2,25,26,27)/t18-/m0/s1. The molecule has 1 amide bonds. The van der Waals surface area contributed by atoms with E-state index >= 15 is 0 Å². The Morgan fingerprint density at radius 3 is 2.44 bits per heavy atom. The number of carbonyl (C=O) groups excluding carboxylic acids is 1. The molecule has 0 bridgehead atoms. The van der Waals surface area contributed by atoms with Gasteiger partial charge in [0.15, 0.2) is 11.5 Å². The van der Waals surface area contributed by atoms with Crippen LogP contribution in [0.25, 0.3) is 11.1 Å². The van der Waals surface area contributed by atoms with Crippen LogP contribution in [0.3, 0.4) is 0 Å². The molecule has 0 unspecified atom stereocenters. The van der Waals surface area contributed by atoms with Crippen molar-refractivity contribution < 1.29 is 37.9 Å². The second kappa shape index (κ2) is 9.92. The third-order valence-corrected chi connectivity index (χ3v) is 5.92. The summed E-state index contributed by atoms with van der Waals surface area (Å²) >= 11 is 0. The number of aryl methyl sites for hydroxylation is 1. The minimum atomic E-state index is -4.53. The van der Waals surface area contributed by atoms with Crippen LogP contribution in [0.5, 0.6) is 17.2 Å². The highest BCUT2D eigenvalue weighted by atomic mass is 31.2. The molecule has 10 heteroatoms. The van der Waals surface area contributed by atoms with Crippen molar-refractivity contribution in [2.45, 2.75) is 32.2 Å². The molecule has 1 aliphatic carbocycles. The van der Waals surface area contributed by atoms with Gasteiger partial charge < -0.3 is 29.3 Å². The van der Waals surface area contributed by atoms with Gasteiger partial charge in [0.2, 0.25) is 11.7 Å². The quantitative estimate of drug-likeness (QED) is 0.508. The Bertz CT molecular complexity index is 1050. The highest BCUT2D eigenvalue weighted by Crippen LogP contribution is 2.50. The number of hydrogen-bond acceptors (Lipinski definition) is 6. The first-order chi connectivity index (χ1) is 15.2. The summed E-state index contributed by atoms with van der Waals surface area (Å²) in [6.45, 7) is 1.35. The number of rotatable bonds is 8. The van der Waals surface area contributed by atoms with E-state index in [0.29, 0.717) is 36.5 Å². The molecule has 9 nitrogen and oxygen atoms in total. The van der Waals surface area contributed by atoms with Crippen LogP contribution in [0, 0.1) is 0 Å². The number of fused-ring (bicyclic) bond motifs is 3. The van der Waals surface area contributed by atoms with Gasteiger partial charge in [-0.05, 0) is 47.6 Å². The van der Waals surface area contributed by atoms with Gasteiger partial charge in [0, 0.05) is 12.5 Å². The minimum absolute atomic E-state index is 0.126. The maximum absolute atomic E-state index is 11.9. The molecule has 0 heterocycles. The Balaban J connectivity index is 2.14. The van der Waals surface area contributed by atoms with Crippen molar-refractivity contribution in [2.24, 2.45) is 0 Å². The topological polar surface area (TPSA) is 124 Å². The van der Waals surface area contributed by atoms with Crippen LogP contribution >= 0.6 is 7.82 Å². The van der Waals surface area contributed by atoms with Gasteiger partial charge in [-0.2, -0.15) is 0 Å². The normalized spacial score (nSPS) is 15.2. The van der Waals surface area contributed by atoms with E-state index in [1.807, 2.05) is 24.3 Å². The molecule has 0 saturated carbocycles. The van der Waals surface area contributed by atoms with Gasteiger partial charge in [0.05, 0.1) is 34.0 Å². The molecule has 3 rings (SSSR count). The number of hydrogen-bond donors (Lipinski definition) is 3. The lowest BCUT2D eigenvalue weighted by Gasteiger charge is -2.21.